The molecule has 3 nitrogen and oxygen atoms in total. The maximum absolute atomic E-state index is 6.80. The molecule has 0 atom stereocenters. The van der Waals surface area contributed by atoms with Crippen LogP contribution >= 0.6 is 0 Å². The van der Waals surface area contributed by atoms with Gasteiger partial charge < -0.3 is 4.90 Å². The van der Waals surface area contributed by atoms with E-state index in [2.05, 4.69) is 35.4 Å². The van der Waals surface area contributed by atoms with E-state index < -0.39 is 0 Å². The van der Waals surface area contributed by atoms with Crippen molar-refractivity contribution >= 4 is 0 Å². The summed E-state index contributed by atoms with van der Waals surface area (Å²) in [6, 6.07) is 0. The lowest BCUT2D eigenvalue weighted by Crippen LogP contribution is -2.48. The van der Waals surface area contributed by atoms with Crippen LogP contribution < -0.4 is 0 Å². The van der Waals surface area contributed by atoms with Crippen molar-refractivity contribution in [3.05, 3.63) is 11.4 Å². The lowest BCUT2D eigenvalue weighted by atomic mass is 9.96. The van der Waals surface area contributed by atoms with E-state index in [9.17, 15) is 0 Å². The van der Waals surface area contributed by atoms with Crippen LogP contribution in [-0.4, -0.2) is 49.2 Å². The van der Waals surface area contributed by atoms with Gasteiger partial charge in [0.15, 0.2) is 0 Å². The summed E-state index contributed by atoms with van der Waals surface area (Å²) in [5.41, 5.74) is 0.391. The highest BCUT2D eigenvalue weighted by atomic mass is 15.3. The van der Waals surface area contributed by atoms with Gasteiger partial charge in [-0.05, 0) is 5.41 Å². The number of rotatable bonds is 2. The molecule has 0 N–H and O–H groups in total. The van der Waals surface area contributed by atoms with Crippen molar-refractivity contribution in [2.24, 2.45) is 5.41 Å². The molecule has 3 heteroatoms. The van der Waals surface area contributed by atoms with Gasteiger partial charge in [-0.15, -0.1) is 0 Å². The van der Waals surface area contributed by atoms with Crippen molar-refractivity contribution < 1.29 is 0 Å². The maximum atomic E-state index is 6.80. The first-order valence-corrected chi connectivity index (χ1v) is 5.29. The highest BCUT2D eigenvalue weighted by Gasteiger charge is 2.21. The quantitative estimate of drug-likeness (QED) is 0.619. The van der Waals surface area contributed by atoms with E-state index in [4.69, 9.17) is 6.57 Å². The first kappa shape index (κ1) is 11.5. The third-order valence-corrected chi connectivity index (χ3v) is 2.43. The maximum Gasteiger partial charge on any atom is 0.270 e. The van der Waals surface area contributed by atoms with Gasteiger partial charge in [0.25, 0.3) is 6.67 Å². The SMILES string of the molecule is [C-]#[N+]CN1CCN(CC(C)(C)C)CC1. The first-order valence-electron chi connectivity index (χ1n) is 5.29. The van der Waals surface area contributed by atoms with Gasteiger partial charge >= 0.3 is 0 Å². The van der Waals surface area contributed by atoms with E-state index in [-0.39, 0.29) is 0 Å². The van der Waals surface area contributed by atoms with Gasteiger partial charge in [0.1, 0.15) is 0 Å². The molecule has 1 aliphatic heterocycles. The van der Waals surface area contributed by atoms with Gasteiger partial charge in [-0.3, -0.25) is 4.85 Å². The molecule has 0 radical (unpaired) electrons. The van der Waals surface area contributed by atoms with Gasteiger partial charge in [-0.1, -0.05) is 20.8 Å². The Kier molecular flexibility index (Phi) is 3.91. The highest BCUT2D eigenvalue weighted by Crippen LogP contribution is 2.16. The van der Waals surface area contributed by atoms with Crippen molar-refractivity contribution in [3.8, 4) is 0 Å². The van der Waals surface area contributed by atoms with Crippen LogP contribution in [0.25, 0.3) is 4.85 Å². The Hall–Kier alpha value is -0.590. The Balaban J connectivity index is 2.26. The molecule has 0 aliphatic carbocycles. The van der Waals surface area contributed by atoms with E-state index in [1.165, 1.54) is 6.54 Å². The van der Waals surface area contributed by atoms with Gasteiger partial charge in [-0.2, -0.15) is 0 Å². The number of piperazine rings is 1. The zero-order chi connectivity index (χ0) is 10.6. The minimum atomic E-state index is 0.391. The molecule has 0 aromatic carbocycles. The molecular formula is C11H21N3. The smallest absolute Gasteiger partial charge is 0.270 e. The normalized spacial score (nSPS) is 20.7. The molecule has 0 amide bonds. The molecule has 0 spiro atoms. The Morgan fingerprint density at radius 1 is 1.07 bits per heavy atom. The molecule has 1 rings (SSSR count). The van der Waals surface area contributed by atoms with Gasteiger partial charge in [0.2, 0.25) is 0 Å². The van der Waals surface area contributed by atoms with Crippen LogP contribution in [-0.2, 0) is 0 Å². The van der Waals surface area contributed by atoms with Crippen LogP contribution in [0.4, 0.5) is 0 Å². The van der Waals surface area contributed by atoms with Gasteiger partial charge in [0.05, 0.1) is 0 Å². The van der Waals surface area contributed by atoms with Crippen molar-refractivity contribution in [2.75, 3.05) is 39.4 Å². The van der Waals surface area contributed by atoms with Crippen molar-refractivity contribution in [2.45, 2.75) is 20.8 Å². The Morgan fingerprint density at radius 3 is 2.00 bits per heavy atom. The molecule has 1 fully saturated rings. The van der Waals surface area contributed by atoms with E-state index in [0.717, 1.165) is 26.2 Å². The average Bonchev–Trinajstić information content (AvgIpc) is 2.06. The fourth-order valence-corrected chi connectivity index (χ4v) is 1.86. The summed E-state index contributed by atoms with van der Waals surface area (Å²) in [5, 5.41) is 0. The largest absolute Gasteiger partial charge is 0.300 e. The molecular weight excluding hydrogens is 174 g/mol. The van der Waals surface area contributed by atoms with Crippen LogP contribution in [0.2, 0.25) is 0 Å². The molecule has 14 heavy (non-hydrogen) atoms. The predicted molar refractivity (Wildman–Crippen MR) is 58.9 cm³/mol. The van der Waals surface area contributed by atoms with Crippen LogP contribution in [0.15, 0.2) is 0 Å². The fourth-order valence-electron chi connectivity index (χ4n) is 1.86. The minimum Gasteiger partial charge on any atom is -0.300 e. The van der Waals surface area contributed by atoms with Crippen molar-refractivity contribution in [1.82, 2.24) is 9.80 Å². The Labute approximate surface area is 87.5 Å². The third kappa shape index (κ3) is 4.08. The van der Waals surface area contributed by atoms with E-state index >= 15 is 0 Å². The topological polar surface area (TPSA) is 10.8 Å². The van der Waals surface area contributed by atoms with E-state index in [0.29, 0.717) is 12.1 Å². The molecule has 1 heterocycles. The lowest BCUT2D eigenvalue weighted by Gasteiger charge is -2.35. The molecule has 0 bridgehead atoms. The summed E-state index contributed by atoms with van der Waals surface area (Å²) in [4.78, 5) is 8.15. The fraction of sp³-hybridized carbons (Fsp3) is 0.909. The number of hydrogen-bond donors (Lipinski definition) is 0. The summed E-state index contributed by atoms with van der Waals surface area (Å²) in [5.74, 6) is 0. The minimum absolute atomic E-state index is 0.391. The number of hydrogen-bond acceptors (Lipinski definition) is 2. The van der Waals surface area contributed by atoms with Crippen molar-refractivity contribution in [3.63, 3.8) is 0 Å². The number of nitrogens with zero attached hydrogens (tertiary/aromatic N) is 3. The second-order valence-electron chi connectivity index (χ2n) is 5.25. The van der Waals surface area contributed by atoms with E-state index in [1.807, 2.05) is 0 Å². The van der Waals surface area contributed by atoms with Crippen LogP contribution in [0, 0.1) is 12.0 Å². The summed E-state index contributed by atoms with van der Waals surface area (Å²) < 4.78 is 0. The Morgan fingerprint density at radius 2 is 1.57 bits per heavy atom. The van der Waals surface area contributed by atoms with Gasteiger partial charge in [0, 0.05) is 32.7 Å². The molecule has 1 aliphatic rings. The third-order valence-electron chi connectivity index (χ3n) is 2.43. The van der Waals surface area contributed by atoms with Crippen molar-refractivity contribution in [1.29, 1.82) is 0 Å². The van der Waals surface area contributed by atoms with E-state index in [1.54, 1.807) is 0 Å². The summed E-state index contributed by atoms with van der Waals surface area (Å²) in [6.07, 6.45) is 0. The molecule has 1 saturated heterocycles. The van der Waals surface area contributed by atoms with Crippen LogP contribution in [0.3, 0.4) is 0 Å². The zero-order valence-electron chi connectivity index (χ0n) is 9.58. The van der Waals surface area contributed by atoms with Crippen LogP contribution in [0.5, 0.6) is 0 Å². The van der Waals surface area contributed by atoms with Crippen LogP contribution in [0.1, 0.15) is 20.8 Å². The van der Waals surface area contributed by atoms with Gasteiger partial charge in [-0.25, -0.2) is 11.5 Å². The Bertz CT molecular complexity index is 204. The average molecular weight is 195 g/mol. The molecule has 0 aromatic rings. The summed E-state index contributed by atoms with van der Waals surface area (Å²) >= 11 is 0. The molecule has 80 valence electrons. The summed E-state index contributed by atoms with van der Waals surface area (Å²) in [6.45, 7) is 19.7. The second kappa shape index (κ2) is 4.77. The molecule has 0 aromatic heterocycles. The monoisotopic (exact) mass is 195 g/mol. The second-order valence-corrected chi connectivity index (χ2v) is 5.25. The summed E-state index contributed by atoms with van der Waals surface area (Å²) in [7, 11) is 0. The highest BCUT2D eigenvalue weighted by molar-refractivity contribution is 4.77. The first-order chi connectivity index (χ1) is 6.51. The lowest BCUT2D eigenvalue weighted by molar-refractivity contribution is 0.109. The predicted octanol–water partition coefficient (Wildman–Crippen LogP) is 1.53. The molecule has 0 saturated carbocycles. The standard InChI is InChI=1S/C11H21N3/c1-11(2,3)9-13-5-7-14(8-6-13)10-12-4/h5-10H2,1-3H3. The molecule has 0 unspecified atom stereocenters. The zero-order valence-corrected chi connectivity index (χ0v) is 9.58.